The van der Waals surface area contributed by atoms with Crippen molar-refractivity contribution in [1.82, 2.24) is 15.0 Å². The number of aryl methyl sites for hydroxylation is 1. The molecule has 3 aromatic rings. The number of esters is 1. The fourth-order valence-corrected chi connectivity index (χ4v) is 3.55. The van der Waals surface area contributed by atoms with E-state index in [1.807, 2.05) is 30.3 Å². The van der Waals surface area contributed by atoms with Gasteiger partial charge in [-0.2, -0.15) is 0 Å². The van der Waals surface area contributed by atoms with Crippen LogP contribution in [0.4, 0.5) is 0 Å². The molecule has 0 saturated heterocycles. The number of hydrogen-bond donors (Lipinski definition) is 0. The highest BCUT2D eigenvalue weighted by Gasteiger charge is 2.19. The average molecular weight is 389 g/mol. The zero-order valence-corrected chi connectivity index (χ0v) is 16.4. The minimum Gasteiger partial charge on any atom is -0.471 e. The summed E-state index contributed by atoms with van der Waals surface area (Å²) in [5, 5.41) is 0. The second-order valence-electron chi connectivity index (χ2n) is 6.93. The molecule has 0 atom stereocenters. The minimum atomic E-state index is -0.364. The first-order chi connectivity index (χ1) is 14.2. The van der Waals surface area contributed by atoms with Crippen LogP contribution in [0.3, 0.4) is 0 Å². The fraction of sp³-hybridized carbons (Fsp3) is 0.304. The molecule has 0 aromatic carbocycles. The first-order valence-electron chi connectivity index (χ1n) is 9.92. The van der Waals surface area contributed by atoms with E-state index >= 15 is 0 Å². The summed E-state index contributed by atoms with van der Waals surface area (Å²) < 4.78 is 11.1. The second-order valence-corrected chi connectivity index (χ2v) is 6.93. The number of hydrogen-bond acceptors (Lipinski definition) is 6. The topological polar surface area (TPSA) is 74.2 Å². The molecule has 6 nitrogen and oxygen atoms in total. The molecule has 0 bridgehead atoms. The highest BCUT2D eigenvalue weighted by molar-refractivity contribution is 5.90. The lowest BCUT2D eigenvalue weighted by Crippen LogP contribution is -2.10. The third kappa shape index (κ3) is 4.42. The normalized spacial score (nSPS) is 12.9. The van der Waals surface area contributed by atoms with Crippen LogP contribution in [0.1, 0.15) is 47.1 Å². The zero-order chi connectivity index (χ0) is 20.1. The van der Waals surface area contributed by atoms with Gasteiger partial charge in [-0.25, -0.2) is 9.78 Å². The lowest BCUT2D eigenvalue weighted by atomic mass is 9.89. The number of nitrogens with zero attached hydrogens (tertiary/aromatic N) is 3. The number of carbonyl (C=O) groups is 1. The van der Waals surface area contributed by atoms with Gasteiger partial charge in [-0.3, -0.25) is 9.97 Å². The number of pyridine rings is 3. The summed E-state index contributed by atoms with van der Waals surface area (Å²) >= 11 is 0. The van der Waals surface area contributed by atoms with Crippen molar-refractivity contribution in [3.63, 3.8) is 0 Å². The summed E-state index contributed by atoms with van der Waals surface area (Å²) in [6, 6.07) is 9.51. The van der Waals surface area contributed by atoms with Crippen LogP contribution >= 0.6 is 0 Å². The van der Waals surface area contributed by atoms with Gasteiger partial charge in [-0.1, -0.05) is 6.07 Å². The molecule has 3 aromatic heterocycles. The Kier molecular flexibility index (Phi) is 5.79. The maximum Gasteiger partial charge on any atom is 0.339 e. The van der Waals surface area contributed by atoms with E-state index in [1.54, 1.807) is 19.3 Å². The molecule has 29 heavy (non-hydrogen) atoms. The Labute approximate surface area is 170 Å². The lowest BCUT2D eigenvalue weighted by Gasteiger charge is -2.20. The van der Waals surface area contributed by atoms with Gasteiger partial charge in [0, 0.05) is 35.9 Å². The van der Waals surface area contributed by atoms with E-state index in [4.69, 9.17) is 14.5 Å². The van der Waals surface area contributed by atoms with Crippen molar-refractivity contribution in [2.45, 2.75) is 39.2 Å². The lowest BCUT2D eigenvalue weighted by molar-refractivity contribution is 0.0526. The molecule has 3 heterocycles. The molecule has 0 saturated carbocycles. The molecule has 0 radical (unpaired) electrons. The van der Waals surface area contributed by atoms with E-state index in [1.165, 1.54) is 11.8 Å². The van der Waals surface area contributed by atoms with Gasteiger partial charge in [0.2, 0.25) is 5.88 Å². The van der Waals surface area contributed by atoms with Crippen LogP contribution in [-0.4, -0.2) is 27.5 Å². The average Bonchev–Trinajstić information content (AvgIpc) is 2.78. The molecule has 0 amide bonds. The Balaban J connectivity index is 1.68. The Hall–Kier alpha value is -3.28. The Morgan fingerprint density at radius 1 is 1.14 bits per heavy atom. The number of ether oxygens (including phenoxy) is 2. The van der Waals surface area contributed by atoms with Gasteiger partial charge in [0.15, 0.2) is 0 Å². The molecule has 1 aliphatic carbocycles. The fourth-order valence-electron chi connectivity index (χ4n) is 3.55. The Morgan fingerprint density at radius 2 is 2.03 bits per heavy atom. The number of rotatable bonds is 6. The van der Waals surface area contributed by atoms with E-state index < -0.39 is 0 Å². The van der Waals surface area contributed by atoms with Crippen molar-refractivity contribution in [2.75, 3.05) is 6.61 Å². The smallest absolute Gasteiger partial charge is 0.339 e. The first kappa shape index (κ1) is 19.1. The first-order valence-corrected chi connectivity index (χ1v) is 9.92. The number of aromatic nitrogens is 3. The van der Waals surface area contributed by atoms with Crippen LogP contribution in [-0.2, 0) is 24.2 Å². The van der Waals surface area contributed by atoms with Crippen LogP contribution in [0.2, 0.25) is 0 Å². The standard InChI is InChI=1S/C23H23N3O3/c1-2-28-23(27)17-11-16(13-24-14-17)20-12-22(26-21-9-4-3-8-19(20)21)29-15-18-7-5-6-10-25-18/h5-7,10-14H,2-4,8-9,15H2,1H3. The van der Waals surface area contributed by atoms with Crippen LogP contribution in [0.25, 0.3) is 11.1 Å². The molecule has 6 heteroatoms. The quantitative estimate of drug-likeness (QED) is 0.589. The molecule has 148 valence electrons. The highest BCUT2D eigenvalue weighted by Crippen LogP contribution is 2.33. The van der Waals surface area contributed by atoms with E-state index in [2.05, 4.69) is 9.97 Å². The third-order valence-corrected chi connectivity index (χ3v) is 4.93. The molecule has 0 spiro atoms. The monoisotopic (exact) mass is 389 g/mol. The molecule has 0 N–H and O–H groups in total. The van der Waals surface area contributed by atoms with Gasteiger partial charge in [0.1, 0.15) is 6.61 Å². The molecule has 4 rings (SSSR count). The van der Waals surface area contributed by atoms with Crippen molar-refractivity contribution >= 4 is 5.97 Å². The molecule has 0 unspecified atom stereocenters. The minimum absolute atomic E-state index is 0.333. The maximum absolute atomic E-state index is 12.1. The maximum atomic E-state index is 12.1. The van der Waals surface area contributed by atoms with Gasteiger partial charge in [0.25, 0.3) is 0 Å². The summed E-state index contributed by atoms with van der Waals surface area (Å²) in [5.74, 6) is 0.198. The third-order valence-electron chi connectivity index (χ3n) is 4.93. The number of fused-ring (bicyclic) bond motifs is 1. The second kappa shape index (κ2) is 8.82. The Bertz CT molecular complexity index is 1010. The SMILES string of the molecule is CCOC(=O)c1cncc(-c2cc(OCc3ccccn3)nc3c2CCCC3)c1. The molecular weight excluding hydrogens is 366 g/mol. The summed E-state index contributed by atoms with van der Waals surface area (Å²) in [6.07, 6.45) is 9.18. The largest absolute Gasteiger partial charge is 0.471 e. The van der Waals surface area contributed by atoms with Crippen LogP contribution in [0, 0.1) is 0 Å². The van der Waals surface area contributed by atoms with Crippen molar-refractivity contribution in [3.05, 3.63) is 71.4 Å². The van der Waals surface area contributed by atoms with Crippen LogP contribution in [0.5, 0.6) is 5.88 Å². The van der Waals surface area contributed by atoms with Crippen LogP contribution < -0.4 is 4.74 Å². The van der Waals surface area contributed by atoms with Gasteiger partial charge in [-0.15, -0.1) is 0 Å². The molecule has 0 fully saturated rings. The number of carbonyl (C=O) groups excluding carboxylic acids is 1. The molecule has 0 aliphatic heterocycles. The summed E-state index contributed by atoms with van der Waals surface area (Å²) in [7, 11) is 0. The van der Waals surface area contributed by atoms with Gasteiger partial charge < -0.3 is 9.47 Å². The van der Waals surface area contributed by atoms with Gasteiger partial charge in [0.05, 0.1) is 17.9 Å². The van der Waals surface area contributed by atoms with E-state index in [0.717, 1.165) is 48.2 Å². The predicted molar refractivity (Wildman–Crippen MR) is 109 cm³/mol. The summed E-state index contributed by atoms with van der Waals surface area (Å²) in [5.41, 5.74) is 5.46. The van der Waals surface area contributed by atoms with Crippen LogP contribution in [0.15, 0.2) is 48.9 Å². The zero-order valence-electron chi connectivity index (χ0n) is 16.4. The van der Waals surface area contributed by atoms with Crippen molar-refractivity contribution in [2.24, 2.45) is 0 Å². The van der Waals surface area contributed by atoms with E-state index in [0.29, 0.717) is 24.7 Å². The van der Waals surface area contributed by atoms with Crippen molar-refractivity contribution in [1.29, 1.82) is 0 Å². The summed E-state index contributed by atoms with van der Waals surface area (Å²) in [6.45, 7) is 2.48. The highest BCUT2D eigenvalue weighted by atomic mass is 16.5. The van der Waals surface area contributed by atoms with Crippen molar-refractivity contribution < 1.29 is 14.3 Å². The van der Waals surface area contributed by atoms with E-state index in [-0.39, 0.29) is 5.97 Å². The summed E-state index contributed by atoms with van der Waals surface area (Å²) in [4.78, 5) is 25.4. The van der Waals surface area contributed by atoms with Crippen molar-refractivity contribution in [3.8, 4) is 17.0 Å². The Morgan fingerprint density at radius 3 is 2.86 bits per heavy atom. The predicted octanol–water partition coefficient (Wildman–Crippen LogP) is 4.17. The molecule has 1 aliphatic rings. The van der Waals surface area contributed by atoms with Gasteiger partial charge in [-0.05, 0) is 61.9 Å². The van der Waals surface area contributed by atoms with E-state index in [9.17, 15) is 4.79 Å². The van der Waals surface area contributed by atoms with Gasteiger partial charge >= 0.3 is 5.97 Å². The molecular formula is C23H23N3O3.